The molecule has 21 heavy (non-hydrogen) atoms. The zero-order valence-corrected chi connectivity index (χ0v) is 11.7. The van der Waals surface area contributed by atoms with Gasteiger partial charge in [-0.05, 0) is 30.3 Å². The second-order valence-corrected chi connectivity index (χ2v) is 4.75. The summed E-state index contributed by atoms with van der Waals surface area (Å²) in [6.45, 7) is 0. The molecule has 0 unspecified atom stereocenters. The number of aromatic nitrogens is 2. The molecule has 0 spiro atoms. The summed E-state index contributed by atoms with van der Waals surface area (Å²) >= 11 is 5.94. The molecule has 0 amide bonds. The first-order chi connectivity index (χ1) is 10.2. The van der Waals surface area contributed by atoms with Gasteiger partial charge in [0, 0.05) is 0 Å². The van der Waals surface area contributed by atoms with Gasteiger partial charge in [-0.15, -0.1) is 11.6 Å². The highest BCUT2D eigenvalue weighted by molar-refractivity contribution is 6.16. The number of para-hydroxylation sites is 1. The monoisotopic (exact) mass is 295 g/mol. The van der Waals surface area contributed by atoms with Crippen LogP contribution in [0.2, 0.25) is 0 Å². The molecule has 0 N–H and O–H groups in total. The van der Waals surface area contributed by atoms with Crippen LogP contribution in [0.25, 0.3) is 16.6 Å². The van der Waals surface area contributed by atoms with Gasteiger partial charge in [0.15, 0.2) is 0 Å². The van der Waals surface area contributed by atoms with Gasteiger partial charge in [-0.25, -0.2) is 4.98 Å². The molecule has 0 fully saturated rings. The highest BCUT2D eigenvalue weighted by atomic mass is 35.5. The number of benzene rings is 2. The van der Waals surface area contributed by atoms with Gasteiger partial charge in [-0.1, -0.05) is 18.2 Å². The minimum absolute atomic E-state index is 0.125. The van der Waals surface area contributed by atoms with E-state index >= 15 is 0 Å². The average molecular weight is 296 g/mol. The van der Waals surface area contributed by atoms with Crippen molar-refractivity contribution in [1.29, 1.82) is 5.26 Å². The van der Waals surface area contributed by atoms with E-state index < -0.39 is 0 Å². The second-order valence-electron chi connectivity index (χ2n) is 4.48. The van der Waals surface area contributed by atoms with E-state index in [0.29, 0.717) is 28.0 Å². The Morgan fingerprint density at radius 2 is 1.95 bits per heavy atom. The summed E-state index contributed by atoms with van der Waals surface area (Å²) in [6.07, 6.45) is 0. The molecule has 0 aliphatic rings. The standard InChI is InChI=1S/C16H10ClN3O/c17-9-15-19-14-7-6-11(10-18)8-13(14)16(21)20(15)12-4-2-1-3-5-12/h1-8H,9H2. The molecule has 1 heterocycles. The second kappa shape index (κ2) is 5.39. The Bertz CT molecular complexity index is 910. The predicted octanol–water partition coefficient (Wildman–Crippen LogP) is 3.00. The van der Waals surface area contributed by atoms with Gasteiger partial charge in [0.2, 0.25) is 0 Å². The predicted molar refractivity (Wildman–Crippen MR) is 81.6 cm³/mol. The van der Waals surface area contributed by atoms with Crippen molar-refractivity contribution in [3.63, 3.8) is 0 Å². The number of nitriles is 1. The SMILES string of the molecule is N#Cc1ccc2nc(CCl)n(-c3ccccc3)c(=O)c2c1. The fourth-order valence-electron chi connectivity index (χ4n) is 2.23. The van der Waals surface area contributed by atoms with E-state index in [9.17, 15) is 4.79 Å². The molecule has 5 heteroatoms. The quantitative estimate of drug-likeness (QED) is 0.683. The smallest absolute Gasteiger partial charge is 0.266 e. The molecule has 0 atom stereocenters. The Morgan fingerprint density at radius 3 is 2.62 bits per heavy atom. The lowest BCUT2D eigenvalue weighted by molar-refractivity contribution is 0.881. The van der Waals surface area contributed by atoms with Crippen molar-refractivity contribution in [3.8, 4) is 11.8 Å². The minimum Gasteiger partial charge on any atom is -0.268 e. The first-order valence-electron chi connectivity index (χ1n) is 6.32. The maximum absolute atomic E-state index is 12.7. The van der Waals surface area contributed by atoms with E-state index in [1.165, 1.54) is 4.57 Å². The van der Waals surface area contributed by atoms with Gasteiger partial charge in [0.1, 0.15) is 5.82 Å². The van der Waals surface area contributed by atoms with Crippen molar-refractivity contribution >= 4 is 22.5 Å². The maximum atomic E-state index is 12.7. The lowest BCUT2D eigenvalue weighted by Crippen LogP contribution is -2.23. The molecule has 0 aliphatic heterocycles. The van der Waals surface area contributed by atoms with Gasteiger partial charge in [0.25, 0.3) is 5.56 Å². The van der Waals surface area contributed by atoms with E-state index in [-0.39, 0.29) is 11.4 Å². The van der Waals surface area contributed by atoms with Crippen LogP contribution in [-0.2, 0) is 5.88 Å². The fraction of sp³-hybridized carbons (Fsp3) is 0.0625. The van der Waals surface area contributed by atoms with Gasteiger partial charge in [0.05, 0.1) is 34.1 Å². The van der Waals surface area contributed by atoms with Crippen LogP contribution < -0.4 is 5.56 Å². The molecule has 0 radical (unpaired) electrons. The maximum Gasteiger partial charge on any atom is 0.266 e. The largest absolute Gasteiger partial charge is 0.268 e. The highest BCUT2D eigenvalue weighted by Gasteiger charge is 2.12. The number of halogens is 1. The van der Waals surface area contributed by atoms with Crippen LogP contribution in [0, 0.1) is 11.3 Å². The minimum atomic E-state index is -0.223. The molecule has 4 nitrogen and oxygen atoms in total. The third-order valence-electron chi connectivity index (χ3n) is 3.20. The van der Waals surface area contributed by atoms with Gasteiger partial charge < -0.3 is 0 Å². The molecule has 3 rings (SSSR count). The summed E-state index contributed by atoms with van der Waals surface area (Å²) in [7, 11) is 0. The summed E-state index contributed by atoms with van der Waals surface area (Å²) in [5.41, 5.74) is 1.45. The van der Waals surface area contributed by atoms with Crippen LogP contribution in [0.15, 0.2) is 53.3 Å². The molecule has 1 aromatic heterocycles. The van der Waals surface area contributed by atoms with Crippen molar-refractivity contribution < 1.29 is 0 Å². The molecule has 2 aromatic carbocycles. The molecule has 0 aliphatic carbocycles. The zero-order valence-electron chi connectivity index (χ0n) is 11.0. The number of alkyl halides is 1. The molecule has 102 valence electrons. The molecule has 0 saturated heterocycles. The normalized spacial score (nSPS) is 10.5. The Hall–Kier alpha value is -2.64. The number of hydrogen-bond acceptors (Lipinski definition) is 3. The summed E-state index contributed by atoms with van der Waals surface area (Å²) in [5.74, 6) is 0.602. The number of fused-ring (bicyclic) bond motifs is 1. The highest BCUT2D eigenvalue weighted by Crippen LogP contribution is 2.15. The Labute approximate surface area is 125 Å². The Kier molecular flexibility index (Phi) is 3.43. The molecular weight excluding hydrogens is 286 g/mol. The first kappa shape index (κ1) is 13.3. The lowest BCUT2D eigenvalue weighted by atomic mass is 10.1. The van der Waals surface area contributed by atoms with E-state index in [1.807, 2.05) is 36.4 Å². The topological polar surface area (TPSA) is 58.7 Å². The van der Waals surface area contributed by atoms with Crippen molar-refractivity contribution in [2.24, 2.45) is 0 Å². The third-order valence-corrected chi connectivity index (χ3v) is 3.44. The summed E-state index contributed by atoms with van der Waals surface area (Å²) in [6, 6.07) is 16.1. The average Bonchev–Trinajstić information content (AvgIpc) is 2.55. The number of nitrogens with zero attached hydrogens (tertiary/aromatic N) is 3. The zero-order chi connectivity index (χ0) is 14.8. The van der Waals surface area contributed by atoms with Crippen LogP contribution in [-0.4, -0.2) is 9.55 Å². The first-order valence-corrected chi connectivity index (χ1v) is 6.85. The van der Waals surface area contributed by atoms with Crippen LogP contribution in [0.5, 0.6) is 0 Å². The summed E-state index contributed by atoms with van der Waals surface area (Å²) < 4.78 is 1.48. The number of rotatable bonds is 2. The van der Waals surface area contributed by atoms with Crippen molar-refractivity contribution in [3.05, 3.63) is 70.3 Å². The molecule has 3 aromatic rings. The van der Waals surface area contributed by atoms with Crippen molar-refractivity contribution in [2.75, 3.05) is 0 Å². The van der Waals surface area contributed by atoms with Crippen molar-refractivity contribution in [1.82, 2.24) is 9.55 Å². The summed E-state index contributed by atoms with van der Waals surface area (Å²) in [4.78, 5) is 17.2. The Balaban J connectivity index is 2.41. The van der Waals surface area contributed by atoms with Gasteiger partial charge >= 0.3 is 0 Å². The van der Waals surface area contributed by atoms with Crippen LogP contribution in [0.4, 0.5) is 0 Å². The number of hydrogen-bond donors (Lipinski definition) is 0. The van der Waals surface area contributed by atoms with E-state index in [4.69, 9.17) is 16.9 Å². The third kappa shape index (κ3) is 2.28. The van der Waals surface area contributed by atoms with Crippen molar-refractivity contribution in [2.45, 2.75) is 5.88 Å². The van der Waals surface area contributed by atoms with Crippen LogP contribution in [0.1, 0.15) is 11.4 Å². The lowest BCUT2D eigenvalue weighted by Gasteiger charge is -2.11. The van der Waals surface area contributed by atoms with Gasteiger partial charge in [-0.2, -0.15) is 5.26 Å². The van der Waals surface area contributed by atoms with Gasteiger partial charge in [-0.3, -0.25) is 9.36 Å². The molecule has 0 bridgehead atoms. The molecule has 0 saturated carbocycles. The Morgan fingerprint density at radius 1 is 1.19 bits per heavy atom. The fourth-order valence-corrected chi connectivity index (χ4v) is 2.41. The van der Waals surface area contributed by atoms with E-state index in [2.05, 4.69) is 4.98 Å². The van der Waals surface area contributed by atoms with Crippen LogP contribution in [0.3, 0.4) is 0 Å². The molecular formula is C16H10ClN3O. The van der Waals surface area contributed by atoms with Crippen LogP contribution >= 0.6 is 11.6 Å². The van der Waals surface area contributed by atoms with E-state index in [0.717, 1.165) is 0 Å². The summed E-state index contributed by atoms with van der Waals surface area (Å²) in [5, 5.41) is 9.38. The van der Waals surface area contributed by atoms with E-state index in [1.54, 1.807) is 18.2 Å².